The van der Waals surface area contributed by atoms with E-state index in [1.807, 2.05) is 11.9 Å². The van der Waals surface area contributed by atoms with Gasteiger partial charge >= 0.3 is 5.91 Å². The number of aromatic hydroxyl groups is 1. The zero-order valence-electron chi connectivity index (χ0n) is 19.8. The van der Waals surface area contributed by atoms with E-state index in [2.05, 4.69) is 4.98 Å². The number of fused-ring (bicyclic) bond motifs is 2. The maximum absolute atomic E-state index is 13.8. The van der Waals surface area contributed by atoms with E-state index < -0.39 is 35.1 Å². The standard InChI is InChI=1S/C27H19F2N3O5S/c1-31-8-9-37-20-7-4-14(10-19(20)31)24(34)22-23(13-2-5-15(33)6-3-13)32(26(36)25(22)35)27-30-18-11-16(28)17(29)12-21(18)38-27/h2-7,10-12,23,33-34H,8-9H2,1H3/b24-22+. The number of likely N-dealkylation sites (N-methyl/N-ethyl adjacent to an activating group) is 1. The monoisotopic (exact) mass is 535 g/mol. The van der Waals surface area contributed by atoms with Crippen molar-refractivity contribution in [2.75, 3.05) is 30.0 Å². The van der Waals surface area contributed by atoms with E-state index in [-0.39, 0.29) is 26.7 Å². The number of aromatic nitrogens is 1. The second-order valence-corrected chi connectivity index (χ2v) is 9.95. The van der Waals surface area contributed by atoms with Gasteiger partial charge in [0, 0.05) is 18.7 Å². The molecule has 0 aliphatic carbocycles. The van der Waals surface area contributed by atoms with Crippen LogP contribution in [0.5, 0.6) is 11.5 Å². The first-order valence-electron chi connectivity index (χ1n) is 11.6. The van der Waals surface area contributed by atoms with Crippen LogP contribution in [0.15, 0.2) is 60.2 Å². The molecule has 4 aromatic rings. The molecule has 3 heterocycles. The highest BCUT2D eigenvalue weighted by Crippen LogP contribution is 2.45. The summed E-state index contributed by atoms with van der Waals surface area (Å²) in [7, 11) is 1.87. The molecule has 1 fully saturated rings. The molecule has 38 heavy (non-hydrogen) atoms. The van der Waals surface area contributed by atoms with Gasteiger partial charge in [0.15, 0.2) is 16.8 Å². The van der Waals surface area contributed by atoms with Crippen LogP contribution < -0.4 is 14.5 Å². The number of carbonyl (C=O) groups is 2. The van der Waals surface area contributed by atoms with Gasteiger partial charge in [0.1, 0.15) is 23.9 Å². The molecule has 192 valence electrons. The van der Waals surface area contributed by atoms with Crippen LogP contribution in [0.25, 0.3) is 16.0 Å². The third-order valence-electron chi connectivity index (χ3n) is 6.61. The average Bonchev–Trinajstić information content (AvgIpc) is 3.41. The van der Waals surface area contributed by atoms with E-state index in [4.69, 9.17) is 4.74 Å². The van der Waals surface area contributed by atoms with Gasteiger partial charge in [0.2, 0.25) is 0 Å². The Hall–Kier alpha value is -4.51. The molecule has 0 radical (unpaired) electrons. The fraction of sp³-hybridized carbons (Fsp3) is 0.148. The molecular formula is C27H19F2N3O5S. The number of ketones is 1. The molecule has 1 aromatic heterocycles. The lowest BCUT2D eigenvalue weighted by Crippen LogP contribution is -2.29. The molecule has 11 heteroatoms. The second-order valence-electron chi connectivity index (χ2n) is 8.94. The number of hydrogen-bond donors (Lipinski definition) is 2. The van der Waals surface area contributed by atoms with Gasteiger partial charge in [-0.05, 0) is 42.0 Å². The van der Waals surface area contributed by atoms with Crippen LogP contribution in [-0.2, 0) is 9.59 Å². The smallest absolute Gasteiger partial charge is 0.301 e. The highest BCUT2D eigenvalue weighted by atomic mass is 32.1. The zero-order valence-corrected chi connectivity index (χ0v) is 20.6. The molecular weight excluding hydrogens is 516 g/mol. The molecule has 1 amide bonds. The Kier molecular flexibility index (Phi) is 5.53. The van der Waals surface area contributed by atoms with Crippen molar-refractivity contribution in [1.82, 2.24) is 4.98 Å². The number of thiazole rings is 1. The van der Waals surface area contributed by atoms with E-state index in [1.165, 1.54) is 24.3 Å². The van der Waals surface area contributed by atoms with Crippen LogP contribution in [0.3, 0.4) is 0 Å². The molecule has 3 aromatic carbocycles. The average molecular weight is 536 g/mol. The molecule has 2 N–H and O–H groups in total. The topological polar surface area (TPSA) is 103 Å². The van der Waals surface area contributed by atoms with E-state index in [9.17, 15) is 28.6 Å². The summed E-state index contributed by atoms with van der Waals surface area (Å²) in [5.74, 6) is -3.86. The summed E-state index contributed by atoms with van der Waals surface area (Å²) in [6, 6.07) is 11.6. The van der Waals surface area contributed by atoms with Crippen LogP contribution in [0, 0.1) is 11.6 Å². The Balaban J connectivity index is 1.54. The minimum Gasteiger partial charge on any atom is -0.508 e. The molecule has 1 saturated heterocycles. The number of rotatable bonds is 3. The third-order valence-corrected chi connectivity index (χ3v) is 7.62. The summed E-state index contributed by atoms with van der Waals surface area (Å²) < 4.78 is 33.6. The Labute approximate surface area is 218 Å². The maximum atomic E-state index is 13.8. The number of aliphatic hydroxyl groups excluding tert-OH is 1. The normalized spacial score (nSPS) is 18.7. The van der Waals surface area contributed by atoms with E-state index in [0.29, 0.717) is 35.7 Å². The first-order valence-corrected chi connectivity index (χ1v) is 12.4. The van der Waals surface area contributed by atoms with Gasteiger partial charge in [0.05, 0.1) is 34.1 Å². The van der Waals surface area contributed by atoms with Crippen molar-refractivity contribution in [2.24, 2.45) is 0 Å². The number of halogens is 2. The summed E-state index contributed by atoms with van der Waals surface area (Å²) in [6.45, 7) is 1.14. The van der Waals surface area contributed by atoms with Crippen molar-refractivity contribution >= 4 is 49.8 Å². The van der Waals surface area contributed by atoms with Gasteiger partial charge in [0.25, 0.3) is 5.78 Å². The van der Waals surface area contributed by atoms with Crippen molar-refractivity contribution < 1.29 is 33.3 Å². The number of hydrogen-bond acceptors (Lipinski definition) is 8. The zero-order chi connectivity index (χ0) is 26.7. The van der Waals surface area contributed by atoms with Crippen LogP contribution in [0.1, 0.15) is 17.2 Å². The van der Waals surface area contributed by atoms with Gasteiger partial charge in [-0.25, -0.2) is 13.8 Å². The number of aliphatic hydroxyl groups is 1. The van der Waals surface area contributed by atoms with Crippen molar-refractivity contribution in [3.63, 3.8) is 0 Å². The molecule has 0 spiro atoms. The van der Waals surface area contributed by atoms with Crippen molar-refractivity contribution in [3.05, 3.63) is 82.9 Å². The van der Waals surface area contributed by atoms with Gasteiger partial charge < -0.3 is 19.8 Å². The minimum atomic E-state index is -1.11. The van der Waals surface area contributed by atoms with Crippen molar-refractivity contribution in [2.45, 2.75) is 6.04 Å². The maximum Gasteiger partial charge on any atom is 0.301 e. The number of nitrogens with zero attached hydrogens (tertiary/aromatic N) is 3. The predicted molar refractivity (Wildman–Crippen MR) is 138 cm³/mol. The number of carbonyl (C=O) groups excluding carboxylic acids is 2. The van der Waals surface area contributed by atoms with Crippen LogP contribution in [0.4, 0.5) is 19.6 Å². The highest BCUT2D eigenvalue weighted by molar-refractivity contribution is 7.22. The molecule has 0 bridgehead atoms. The lowest BCUT2D eigenvalue weighted by molar-refractivity contribution is -0.132. The summed E-state index contributed by atoms with van der Waals surface area (Å²) in [6.07, 6.45) is 0. The first kappa shape index (κ1) is 23.9. The first-order chi connectivity index (χ1) is 18.2. The van der Waals surface area contributed by atoms with Crippen LogP contribution in [0.2, 0.25) is 0 Å². The summed E-state index contributed by atoms with van der Waals surface area (Å²) in [5.41, 5.74) is 1.37. The van der Waals surface area contributed by atoms with Crippen molar-refractivity contribution in [3.8, 4) is 11.5 Å². The van der Waals surface area contributed by atoms with Gasteiger partial charge in [-0.15, -0.1) is 0 Å². The second kappa shape index (κ2) is 8.80. The van der Waals surface area contributed by atoms with Gasteiger partial charge in [-0.3, -0.25) is 14.5 Å². The highest BCUT2D eigenvalue weighted by Gasteiger charge is 2.48. The van der Waals surface area contributed by atoms with Crippen LogP contribution >= 0.6 is 11.3 Å². The molecule has 2 aliphatic heterocycles. The predicted octanol–water partition coefficient (Wildman–Crippen LogP) is 4.74. The fourth-order valence-corrected chi connectivity index (χ4v) is 5.67. The van der Waals surface area contributed by atoms with Crippen LogP contribution in [-0.4, -0.2) is 47.1 Å². The number of phenolic OH excluding ortho intramolecular Hbond substituents is 1. The van der Waals surface area contributed by atoms with E-state index in [1.54, 1.807) is 18.2 Å². The minimum absolute atomic E-state index is 0.0304. The summed E-state index contributed by atoms with van der Waals surface area (Å²) in [5, 5.41) is 21.3. The van der Waals surface area contributed by atoms with Gasteiger partial charge in [-0.2, -0.15) is 0 Å². The number of phenols is 1. The molecule has 1 unspecified atom stereocenters. The number of benzene rings is 3. The molecule has 0 saturated carbocycles. The number of amides is 1. The Morgan fingerprint density at radius 1 is 1.08 bits per heavy atom. The summed E-state index contributed by atoms with van der Waals surface area (Å²) >= 11 is 0.912. The van der Waals surface area contributed by atoms with Crippen molar-refractivity contribution in [1.29, 1.82) is 0 Å². The third kappa shape index (κ3) is 3.74. The largest absolute Gasteiger partial charge is 0.508 e. The lowest BCUT2D eigenvalue weighted by atomic mass is 9.95. The quantitative estimate of drug-likeness (QED) is 0.222. The SMILES string of the molecule is CN1CCOc2ccc(/C(O)=C3\C(=O)C(=O)N(c4nc5cc(F)c(F)cc5s4)C3c3ccc(O)cc3)cc21. The molecule has 2 aliphatic rings. The van der Waals surface area contributed by atoms with Gasteiger partial charge in [-0.1, -0.05) is 23.5 Å². The number of ether oxygens (including phenoxy) is 1. The Bertz CT molecular complexity index is 1630. The molecule has 8 nitrogen and oxygen atoms in total. The lowest BCUT2D eigenvalue weighted by Gasteiger charge is -2.28. The van der Waals surface area contributed by atoms with E-state index in [0.717, 1.165) is 28.4 Å². The molecule has 1 atom stereocenters. The number of Topliss-reactive ketones (excluding diaryl/α,β-unsaturated/α-hetero) is 1. The fourth-order valence-electron chi connectivity index (χ4n) is 4.67. The molecule has 6 rings (SSSR count). The van der Waals surface area contributed by atoms with E-state index >= 15 is 0 Å². The number of anilines is 2. The Morgan fingerprint density at radius 3 is 2.58 bits per heavy atom. The Morgan fingerprint density at radius 2 is 1.82 bits per heavy atom. The summed E-state index contributed by atoms with van der Waals surface area (Å²) in [4.78, 5) is 34.1.